The third kappa shape index (κ3) is 2.60. The third-order valence-corrected chi connectivity index (χ3v) is 4.51. The molecule has 0 bridgehead atoms. The molecule has 0 aliphatic carbocycles. The lowest BCUT2D eigenvalue weighted by molar-refractivity contribution is 0.390. The molecular weight excluding hydrogens is 327 g/mol. The van der Waals surface area contributed by atoms with Crippen LogP contribution in [0.1, 0.15) is 12.6 Å². The quantitative estimate of drug-likeness (QED) is 0.768. The maximum absolute atomic E-state index is 14.5. The Morgan fingerprint density at radius 2 is 2.04 bits per heavy atom. The minimum atomic E-state index is -0.366. The molecule has 1 N–H and O–H groups in total. The number of rotatable bonds is 2. The smallest absolute Gasteiger partial charge is 0.134 e. The first-order valence-corrected chi connectivity index (χ1v) is 8.20. The van der Waals surface area contributed by atoms with Crippen molar-refractivity contribution in [3.63, 3.8) is 0 Å². The Morgan fingerprint density at radius 3 is 2.79 bits per heavy atom. The Bertz CT molecular complexity index is 892. The number of halogens is 2. The predicted octanol–water partition coefficient (Wildman–Crippen LogP) is 3.90. The van der Waals surface area contributed by atoms with Gasteiger partial charge in [-0.25, -0.2) is 4.39 Å². The largest absolute Gasteiger partial charge is 0.307 e. The highest BCUT2D eigenvalue weighted by Crippen LogP contribution is 2.37. The number of hydrogen-bond donors (Lipinski definition) is 1. The lowest BCUT2D eigenvalue weighted by Crippen LogP contribution is -2.36. The van der Waals surface area contributed by atoms with Gasteiger partial charge in [-0.2, -0.15) is 5.10 Å². The average Bonchev–Trinajstić information content (AvgIpc) is 2.93. The topological polar surface area (TPSA) is 42.7 Å². The Balaban J connectivity index is 1.96. The van der Waals surface area contributed by atoms with Crippen LogP contribution in [0.5, 0.6) is 0 Å². The van der Waals surface area contributed by atoms with Gasteiger partial charge >= 0.3 is 0 Å². The highest BCUT2D eigenvalue weighted by Gasteiger charge is 2.25. The molecule has 3 aromatic rings. The normalized spacial score (nSPS) is 16.9. The fraction of sp³-hybridized carbons (Fsp3) is 0.222. The van der Waals surface area contributed by atoms with Gasteiger partial charge in [-0.1, -0.05) is 11.6 Å². The average molecular weight is 343 g/mol. The van der Waals surface area contributed by atoms with Gasteiger partial charge in [0.05, 0.1) is 12.2 Å². The molecule has 3 heterocycles. The minimum Gasteiger partial charge on any atom is -0.307 e. The Hall–Kier alpha value is -2.24. The van der Waals surface area contributed by atoms with Crippen LogP contribution in [-0.4, -0.2) is 20.8 Å². The van der Waals surface area contributed by atoms with Crippen molar-refractivity contribution in [3.8, 4) is 22.4 Å². The molecule has 1 aliphatic heterocycles. The van der Waals surface area contributed by atoms with Gasteiger partial charge in [-0.3, -0.25) is 9.67 Å². The third-order valence-electron chi connectivity index (χ3n) is 4.28. The molecule has 0 amide bonds. The van der Waals surface area contributed by atoms with E-state index in [1.165, 1.54) is 6.07 Å². The van der Waals surface area contributed by atoms with Gasteiger partial charge in [0, 0.05) is 41.1 Å². The first-order valence-electron chi connectivity index (χ1n) is 7.82. The lowest BCUT2D eigenvalue weighted by atomic mass is 9.98. The van der Waals surface area contributed by atoms with Crippen molar-refractivity contribution >= 4 is 11.6 Å². The summed E-state index contributed by atoms with van der Waals surface area (Å²) in [5, 5.41) is 8.53. The van der Waals surface area contributed by atoms with Gasteiger partial charge in [-0.15, -0.1) is 0 Å². The lowest BCUT2D eigenvalue weighted by Gasteiger charge is -2.22. The summed E-state index contributed by atoms with van der Waals surface area (Å²) in [7, 11) is 0. The number of nitrogens with one attached hydrogen (secondary N) is 1. The van der Waals surface area contributed by atoms with E-state index in [0.717, 1.165) is 23.4 Å². The number of fused-ring (bicyclic) bond motifs is 1. The molecule has 24 heavy (non-hydrogen) atoms. The predicted molar refractivity (Wildman–Crippen MR) is 92.2 cm³/mol. The fourth-order valence-electron chi connectivity index (χ4n) is 3.11. The molecule has 0 saturated carbocycles. The molecule has 6 heteroatoms. The Kier molecular flexibility index (Phi) is 3.82. The van der Waals surface area contributed by atoms with Crippen molar-refractivity contribution < 1.29 is 4.39 Å². The number of aromatic nitrogens is 3. The summed E-state index contributed by atoms with van der Waals surface area (Å²) in [6.07, 6.45) is 3.47. The van der Waals surface area contributed by atoms with Crippen molar-refractivity contribution in [2.75, 3.05) is 0 Å². The zero-order valence-corrected chi connectivity index (χ0v) is 13.9. The highest BCUT2D eigenvalue weighted by atomic mass is 35.5. The van der Waals surface area contributed by atoms with E-state index in [-0.39, 0.29) is 5.82 Å². The van der Waals surface area contributed by atoms with E-state index >= 15 is 0 Å². The van der Waals surface area contributed by atoms with Crippen molar-refractivity contribution in [2.24, 2.45) is 0 Å². The molecule has 0 radical (unpaired) electrons. The van der Waals surface area contributed by atoms with E-state index in [0.29, 0.717) is 28.9 Å². The second-order valence-electron chi connectivity index (χ2n) is 5.99. The van der Waals surface area contributed by atoms with Crippen LogP contribution in [0.15, 0.2) is 42.7 Å². The Morgan fingerprint density at radius 1 is 1.25 bits per heavy atom. The summed E-state index contributed by atoms with van der Waals surface area (Å²) in [5.74, 6) is -0.366. The van der Waals surface area contributed by atoms with E-state index in [1.807, 2.05) is 16.8 Å². The minimum absolute atomic E-state index is 0.325. The zero-order chi connectivity index (χ0) is 16.7. The van der Waals surface area contributed by atoms with E-state index < -0.39 is 0 Å². The van der Waals surface area contributed by atoms with Gasteiger partial charge in [-0.05, 0) is 42.8 Å². The maximum atomic E-state index is 14.5. The van der Waals surface area contributed by atoms with E-state index in [1.54, 1.807) is 24.5 Å². The summed E-state index contributed by atoms with van der Waals surface area (Å²) >= 11 is 5.90. The first-order chi connectivity index (χ1) is 11.6. The summed E-state index contributed by atoms with van der Waals surface area (Å²) in [6, 6.07) is 8.88. The van der Waals surface area contributed by atoms with Crippen molar-refractivity contribution in [3.05, 3.63) is 59.3 Å². The second kappa shape index (κ2) is 6.00. The van der Waals surface area contributed by atoms with Crippen LogP contribution in [0.2, 0.25) is 5.02 Å². The molecule has 0 fully saturated rings. The molecule has 0 saturated heterocycles. The van der Waals surface area contributed by atoms with Crippen LogP contribution in [0.3, 0.4) is 0 Å². The standard InChI is InChI=1S/C18H16ClFN4/c1-11-10-24-16(9-22-11)17(12-4-6-21-7-5-12)18(23-24)14-3-2-13(19)8-15(14)20/h2-8,11,22H,9-10H2,1H3/t11-/m1/s1. The zero-order valence-electron chi connectivity index (χ0n) is 13.1. The van der Waals surface area contributed by atoms with Crippen LogP contribution >= 0.6 is 11.6 Å². The molecule has 4 rings (SSSR count). The van der Waals surface area contributed by atoms with E-state index in [4.69, 9.17) is 16.7 Å². The van der Waals surface area contributed by atoms with Gasteiger partial charge in [0.25, 0.3) is 0 Å². The molecule has 0 unspecified atom stereocenters. The SMILES string of the molecule is C[C@@H]1Cn2nc(-c3ccc(Cl)cc3F)c(-c3ccncc3)c2CN1. The monoisotopic (exact) mass is 342 g/mol. The maximum Gasteiger partial charge on any atom is 0.134 e. The molecule has 0 spiro atoms. The van der Waals surface area contributed by atoms with Crippen LogP contribution in [0.25, 0.3) is 22.4 Å². The number of benzene rings is 1. The van der Waals surface area contributed by atoms with E-state index in [2.05, 4.69) is 17.2 Å². The number of hydrogen-bond acceptors (Lipinski definition) is 3. The molecule has 4 nitrogen and oxygen atoms in total. The van der Waals surface area contributed by atoms with Crippen LogP contribution in [0.4, 0.5) is 4.39 Å². The van der Waals surface area contributed by atoms with Gasteiger partial charge in [0.15, 0.2) is 0 Å². The van der Waals surface area contributed by atoms with Crippen LogP contribution in [-0.2, 0) is 13.1 Å². The van der Waals surface area contributed by atoms with Gasteiger partial charge < -0.3 is 5.32 Å². The highest BCUT2D eigenvalue weighted by molar-refractivity contribution is 6.30. The Labute approximate surface area is 144 Å². The van der Waals surface area contributed by atoms with Gasteiger partial charge in [0.1, 0.15) is 11.5 Å². The summed E-state index contributed by atoms with van der Waals surface area (Å²) in [4.78, 5) is 4.08. The second-order valence-corrected chi connectivity index (χ2v) is 6.43. The molecule has 1 atom stereocenters. The molecule has 122 valence electrons. The fourth-order valence-corrected chi connectivity index (χ4v) is 3.27. The van der Waals surface area contributed by atoms with Crippen molar-refractivity contribution in [1.82, 2.24) is 20.1 Å². The first kappa shape index (κ1) is 15.3. The molecular formula is C18H16ClFN4. The van der Waals surface area contributed by atoms with Crippen LogP contribution < -0.4 is 5.32 Å². The summed E-state index contributed by atoms with van der Waals surface area (Å²) in [6.45, 7) is 3.56. The van der Waals surface area contributed by atoms with Crippen LogP contribution in [0, 0.1) is 5.82 Å². The van der Waals surface area contributed by atoms with E-state index in [9.17, 15) is 4.39 Å². The number of pyridine rings is 1. The molecule has 1 aliphatic rings. The van der Waals surface area contributed by atoms with Crippen molar-refractivity contribution in [2.45, 2.75) is 26.1 Å². The van der Waals surface area contributed by atoms with Gasteiger partial charge in [0.2, 0.25) is 0 Å². The summed E-state index contributed by atoms with van der Waals surface area (Å²) < 4.78 is 16.5. The molecule has 1 aromatic carbocycles. The summed E-state index contributed by atoms with van der Waals surface area (Å²) in [5.41, 5.74) is 4.08. The van der Waals surface area contributed by atoms with Crippen molar-refractivity contribution in [1.29, 1.82) is 0 Å². The number of nitrogens with zero attached hydrogens (tertiary/aromatic N) is 3. The molecule has 2 aromatic heterocycles.